The topological polar surface area (TPSA) is 45.3 Å². The number of fused-ring (bicyclic) bond motifs is 3. The minimum atomic E-state index is -0.667. The smallest absolute Gasteiger partial charge is 0.411 e. The standard InChI is InChI=1S/C23H25ClN2O2/c1-22(2,3)28-21(27)26-14-13-19-20(17-7-5-6-8-18(17)25-19)23(26,4)15-9-11-16(24)12-10-15/h5-12,25H,13-14H2,1-4H3/t23-/m0/s1. The number of amides is 1. The average Bonchev–Trinajstić information content (AvgIpc) is 3.00. The summed E-state index contributed by atoms with van der Waals surface area (Å²) in [5.74, 6) is 0. The van der Waals surface area contributed by atoms with Crippen molar-refractivity contribution in [3.63, 3.8) is 0 Å². The number of hydrogen-bond donors (Lipinski definition) is 1. The van der Waals surface area contributed by atoms with Crippen LogP contribution in [0.3, 0.4) is 0 Å². The maximum Gasteiger partial charge on any atom is 0.411 e. The average molecular weight is 397 g/mol. The Morgan fingerprint density at radius 1 is 1.14 bits per heavy atom. The number of hydrogen-bond acceptors (Lipinski definition) is 2. The van der Waals surface area contributed by atoms with Gasteiger partial charge >= 0.3 is 6.09 Å². The number of nitrogens with one attached hydrogen (secondary N) is 1. The van der Waals surface area contributed by atoms with E-state index < -0.39 is 11.1 Å². The Morgan fingerprint density at radius 2 is 1.82 bits per heavy atom. The van der Waals surface area contributed by atoms with E-state index in [0.717, 1.165) is 28.5 Å². The molecule has 5 heteroatoms. The highest BCUT2D eigenvalue weighted by Gasteiger charge is 2.46. The summed E-state index contributed by atoms with van der Waals surface area (Å²) >= 11 is 6.14. The lowest BCUT2D eigenvalue weighted by Gasteiger charge is -2.45. The van der Waals surface area contributed by atoms with Crippen molar-refractivity contribution >= 4 is 28.6 Å². The molecule has 0 saturated carbocycles. The SMILES string of the molecule is CC(C)(C)OC(=O)N1CCc2[nH]c3ccccc3c2[C@]1(C)c1ccc(Cl)cc1. The van der Waals surface area contributed by atoms with Gasteiger partial charge in [-0.3, -0.25) is 4.90 Å². The van der Waals surface area contributed by atoms with Crippen LogP contribution in [0.2, 0.25) is 5.02 Å². The first-order valence-electron chi connectivity index (χ1n) is 9.57. The third-order valence-corrected chi connectivity index (χ3v) is 5.67. The maximum atomic E-state index is 13.2. The van der Waals surface area contributed by atoms with Gasteiger partial charge in [0.05, 0.1) is 5.54 Å². The van der Waals surface area contributed by atoms with Gasteiger partial charge in [0.1, 0.15) is 5.60 Å². The molecule has 4 rings (SSSR count). The third-order valence-electron chi connectivity index (χ3n) is 5.42. The van der Waals surface area contributed by atoms with Crippen LogP contribution in [0.15, 0.2) is 48.5 Å². The van der Waals surface area contributed by atoms with Crippen molar-refractivity contribution in [1.82, 2.24) is 9.88 Å². The fourth-order valence-electron chi connectivity index (χ4n) is 4.19. The molecule has 0 fully saturated rings. The Morgan fingerprint density at radius 3 is 2.50 bits per heavy atom. The van der Waals surface area contributed by atoms with E-state index >= 15 is 0 Å². The molecule has 1 N–H and O–H groups in total. The van der Waals surface area contributed by atoms with E-state index in [1.165, 1.54) is 5.69 Å². The van der Waals surface area contributed by atoms with Gasteiger partial charge in [0, 0.05) is 40.1 Å². The fraction of sp³-hybridized carbons (Fsp3) is 0.348. The molecular formula is C23H25ClN2O2. The summed E-state index contributed by atoms with van der Waals surface area (Å²) in [6, 6.07) is 16.0. The molecule has 2 aromatic carbocycles. The summed E-state index contributed by atoms with van der Waals surface area (Å²) in [7, 11) is 0. The third kappa shape index (κ3) is 3.06. The van der Waals surface area contributed by atoms with Crippen LogP contribution in [0.5, 0.6) is 0 Å². The van der Waals surface area contributed by atoms with Gasteiger partial charge in [0.2, 0.25) is 0 Å². The highest BCUT2D eigenvalue weighted by atomic mass is 35.5. The van der Waals surface area contributed by atoms with Crippen molar-refractivity contribution in [3.8, 4) is 0 Å². The van der Waals surface area contributed by atoms with Gasteiger partial charge in [0.15, 0.2) is 0 Å². The molecule has 146 valence electrons. The van der Waals surface area contributed by atoms with Crippen molar-refractivity contribution in [3.05, 3.63) is 70.4 Å². The van der Waals surface area contributed by atoms with Crippen LogP contribution in [-0.4, -0.2) is 28.1 Å². The van der Waals surface area contributed by atoms with Gasteiger partial charge in [-0.2, -0.15) is 0 Å². The zero-order valence-corrected chi connectivity index (χ0v) is 17.4. The highest BCUT2D eigenvalue weighted by Crippen LogP contribution is 2.45. The largest absolute Gasteiger partial charge is 0.444 e. The van der Waals surface area contributed by atoms with Crippen LogP contribution in [0.25, 0.3) is 10.9 Å². The lowest BCUT2D eigenvalue weighted by molar-refractivity contribution is 0.00392. The van der Waals surface area contributed by atoms with Crippen molar-refractivity contribution < 1.29 is 9.53 Å². The number of halogens is 1. The van der Waals surface area contributed by atoms with Gasteiger partial charge in [-0.1, -0.05) is 41.9 Å². The molecule has 1 aromatic heterocycles. The van der Waals surface area contributed by atoms with E-state index in [-0.39, 0.29) is 6.09 Å². The number of para-hydroxylation sites is 1. The van der Waals surface area contributed by atoms with Crippen LogP contribution in [0, 0.1) is 0 Å². The number of carbonyl (C=O) groups is 1. The molecule has 1 aliphatic heterocycles. The van der Waals surface area contributed by atoms with Gasteiger partial charge in [-0.25, -0.2) is 4.79 Å². The van der Waals surface area contributed by atoms with Gasteiger partial charge in [-0.05, 0) is 51.5 Å². The number of ether oxygens (including phenoxy) is 1. The normalized spacial score (nSPS) is 19.5. The first kappa shape index (κ1) is 18.9. The minimum absolute atomic E-state index is 0.305. The summed E-state index contributed by atoms with van der Waals surface area (Å²) in [5, 5.41) is 1.80. The molecule has 0 radical (unpaired) electrons. The van der Waals surface area contributed by atoms with E-state index in [4.69, 9.17) is 16.3 Å². The van der Waals surface area contributed by atoms with E-state index in [0.29, 0.717) is 11.6 Å². The van der Waals surface area contributed by atoms with Crippen LogP contribution in [0.4, 0.5) is 4.79 Å². The van der Waals surface area contributed by atoms with E-state index in [1.54, 1.807) is 0 Å². The molecule has 3 aromatic rings. The van der Waals surface area contributed by atoms with Crippen molar-refractivity contribution in [1.29, 1.82) is 0 Å². The van der Waals surface area contributed by atoms with Gasteiger partial charge < -0.3 is 9.72 Å². The van der Waals surface area contributed by atoms with Crippen LogP contribution >= 0.6 is 11.6 Å². The molecule has 0 bridgehead atoms. The monoisotopic (exact) mass is 396 g/mol. The second-order valence-electron chi connectivity index (χ2n) is 8.49. The molecule has 0 aliphatic carbocycles. The van der Waals surface area contributed by atoms with Crippen LogP contribution < -0.4 is 0 Å². The quantitative estimate of drug-likeness (QED) is 0.558. The zero-order chi connectivity index (χ0) is 20.1. The van der Waals surface area contributed by atoms with Gasteiger partial charge in [-0.15, -0.1) is 0 Å². The fourth-order valence-corrected chi connectivity index (χ4v) is 4.31. The number of H-pyrrole nitrogens is 1. The molecule has 4 nitrogen and oxygen atoms in total. The second kappa shape index (κ2) is 6.56. The van der Waals surface area contributed by atoms with Crippen molar-refractivity contribution in [2.24, 2.45) is 0 Å². The summed E-state index contributed by atoms with van der Waals surface area (Å²) in [5.41, 5.74) is 3.16. The zero-order valence-electron chi connectivity index (χ0n) is 16.7. The van der Waals surface area contributed by atoms with Crippen molar-refractivity contribution in [2.45, 2.75) is 45.3 Å². The Labute approximate surface area is 170 Å². The number of rotatable bonds is 1. The van der Waals surface area contributed by atoms with Gasteiger partial charge in [0.25, 0.3) is 0 Å². The Balaban J connectivity index is 1.94. The lowest BCUT2D eigenvalue weighted by atomic mass is 9.78. The first-order chi connectivity index (χ1) is 13.2. The Kier molecular flexibility index (Phi) is 4.42. The number of benzene rings is 2. The number of carbonyl (C=O) groups excluding carboxylic acids is 1. The molecule has 0 unspecified atom stereocenters. The second-order valence-corrected chi connectivity index (χ2v) is 8.92. The molecule has 1 aliphatic rings. The summed E-state index contributed by atoms with van der Waals surface area (Å²) in [6.07, 6.45) is 0.452. The van der Waals surface area contributed by atoms with Crippen molar-refractivity contribution in [2.75, 3.05) is 6.54 Å². The predicted molar refractivity (Wildman–Crippen MR) is 113 cm³/mol. The Hall–Kier alpha value is -2.46. The predicted octanol–water partition coefficient (Wildman–Crippen LogP) is 5.88. The van der Waals surface area contributed by atoms with E-state index in [1.807, 2.05) is 62.1 Å². The molecule has 0 saturated heterocycles. The number of aromatic amines is 1. The first-order valence-corrected chi connectivity index (χ1v) is 9.95. The summed E-state index contributed by atoms with van der Waals surface area (Å²) in [6.45, 7) is 8.36. The summed E-state index contributed by atoms with van der Waals surface area (Å²) < 4.78 is 5.77. The minimum Gasteiger partial charge on any atom is -0.444 e. The molecule has 1 atom stereocenters. The number of aromatic nitrogens is 1. The highest BCUT2D eigenvalue weighted by molar-refractivity contribution is 6.30. The van der Waals surface area contributed by atoms with Crippen LogP contribution in [-0.2, 0) is 16.7 Å². The van der Waals surface area contributed by atoms with E-state index in [2.05, 4.69) is 24.0 Å². The summed E-state index contributed by atoms with van der Waals surface area (Å²) in [4.78, 5) is 18.6. The molecule has 28 heavy (non-hydrogen) atoms. The Bertz CT molecular complexity index is 1030. The van der Waals surface area contributed by atoms with Crippen LogP contribution in [0.1, 0.15) is 44.5 Å². The molecule has 0 spiro atoms. The van der Waals surface area contributed by atoms with E-state index in [9.17, 15) is 4.79 Å². The maximum absolute atomic E-state index is 13.2. The lowest BCUT2D eigenvalue weighted by Crippen LogP contribution is -2.53. The molecular weight excluding hydrogens is 372 g/mol. The number of nitrogens with zero attached hydrogens (tertiary/aromatic N) is 1. The molecule has 2 heterocycles. The molecule has 1 amide bonds.